The van der Waals surface area contributed by atoms with Gasteiger partial charge in [-0.05, 0) is 38.1 Å². The number of anilines is 1. The van der Waals surface area contributed by atoms with Crippen molar-refractivity contribution in [2.45, 2.75) is 20.4 Å². The molecule has 1 aromatic rings. The first-order valence-corrected chi connectivity index (χ1v) is 6.30. The maximum absolute atomic E-state index is 11.5. The maximum Gasteiger partial charge on any atom is 0.239 e. The van der Waals surface area contributed by atoms with Crippen molar-refractivity contribution in [2.24, 2.45) is 0 Å². The molecule has 1 amide bonds. The molecule has 0 saturated heterocycles. The molecule has 0 heterocycles. The number of nitrogens with zero attached hydrogens (tertiary/aromatic N) is 1. The van der Waals surface area contributed by atoms with Gasteiger partial charge in [0.15, 0.2) is 0 Å². The minimum Gasteiger partial charge on any atom is -0.365 e. The van der Waals surface area contributed by atoms with E-state index in [0.717, 1.165) is 12.2 Å². The molecule has 1 aromatic carbocycles. The lowest BCUT2D eigenvalue weighted by molar-refractivity contribution is -0.119. The second-order valence-corrected chi connectivity index (χ2v) is 4.46. The molecule has 2 N–H and O–H groups in total. The molecule has 0 aromatic heterocycles. The van der Waals surface area contributed by atoms with Crippen molar-refractivity contribution in [2.75, 3.05) is 32.1 Å². The molecule has 0 aliphatic rings. The molecule has 0 spiro atoms. The van der Waals surface area contributed by atoms with Crippen molar-refractivity contribution < 1.29 is 4.79 Å². The minimum atomic E-state index is 0.0544. The molecular weight excluding hydrogens is 226 g/mol. The molecule has 18 heavy (non-hydrogen) atoms. The average Bonchev–Trinajstić information content (AvgIpc) is 2.29. The van der Waals surface area contributed by atoms with Crippen LogP contribution in [0.4, 0.5) is 5.69 Å². The number of hydrogen-bond donors (Lipinski definition) is 2. The smallest absolute Gasteiger partial charge is 0.239 e. The zero-order valence-corrected chi connectivity index (χ0v) is 11.7. The number of likely N-dealkylation sites (N-methyl/N-ethyl adjacent to an activating group) is 2. The summed E-state index contributed by atoms with van der Waals surface area (Å²) in [5.41, 5.74) is 3.54. The van der Waals surface area contributed by atoms with Crippen molar-refractivity contribution in [3.63, 3.8) is 0 Å². The summed E-state index contributed by atoms with van der Waals surface area (Å²) in [6.45, 7) is 5.92. The van der Waals surface area contributed by atoms with Gasteiger partial charge in [0.1, 0.15) is 0 Å². The molecule has 100 valence electrons. The molecule has 0 saturated carbocycles. The normalized spacial score (nSPS) is 10.2. The van der Waals surface area contributed by atoms with E-state index in [1.807, 2.05) is 25.9 Å². The summed E-state index contributed by atoms with van der Waals surface area (Å²) in [7, 11) is 3.87. The largest absolute Gasteiger partial charge is 0.365 e. The average molecular weight is 249 g/mol. The minimum absolute atomic E-state index is 0.0544. The molecule has 0 atom stereocenters. The molecule has 0 radical (unpaired) electrons. The molecule has 1 rings (SSSR count). The summed E-state index contributed by atoms with van der Waals surface area (Å²) in [6.07, 6.45) is 0. The summed E-state index contributed by atoms with van der Waals surface area (Å²) in [6, 6.07) is 6.31. The van der Waals surface area contributed by atoms with E-state index in [-0.39, 0.29) is 5.91 Å². The maximum atomic E-state index is 11.5. The van der Waals surface area contributed by atoms with Crippen LogP contribution in [0.5, 0.6) is 0 Å². The third-order valence-electron chi connectivity index (χ3n) is 2.81. The number of amides is 1. The van der Waals surface area contributed by atoms with Crippen LogP contribution in [-0.2, 0) is 11.3 Å². The Morgan fingerprint density at radius 1 is 1.39 bits per heavy atom. The van der Waals surface area contributed by atoms with Crippen molar-refractivity contribution in [3.8, 4) is 0 Å². The monoisotopic (exact) mass is 249 g/mol. The number of benzene rings is 1. The first-order valence-electron chi connectivity index (χ1n) is 6.30. The molecule has 0 fully saturated rings. The van der Waals surface area contributed by atoms with Gasteiger partial charge in [-0.15, -0.1) is 0 Å². The first-order chi connectivity index (χ1) is 8.58. The van der Waals surface area contributed by atoms with Gasteiger partial charge in [0, 0.05) is 25.8 Å². The fraction of sp³-hybridized carbons (Fsp3) is 0.500. The van der Waals surface area contributed by atoms with Gasteiger partial charge >= 0.3 is 0 Å². The standard InChI is InChI=1S/C14H23N3O/c1-5-16-14(18)10-17(4)13-7-6-12(9-15-3)8-11(13)2/h6-8,15H,5,9-10H2,1-4H3,(H,16,18). The van der Waals surface area contributed by atoms with E-state index >= 15 is 0 Å². The lowest BCUT2D eigenvalue weighted by Crippen LogP contribution is -2.35. The van der Waals surface area contributed by atoms with Gasteiger partial charge in [-0.1, -0.05) is 12.1 Å². The van der Waals surface area contributed by atoms with Crippen molar-refractivity contribution >= 4 is 11.6 Å². The fourth-order valence-corrected chi connectivity index (χ4v) is 2.01. The lowest BCUT2D eigenvalue weighted by Gasteiger charge is -2.21. The second-order valence-electron chi connectivity index (χ2n) is 4.46. The summed E-state index contributed by atoms with van der Waals surface area (Å²) < 4.78 is 0. The molecule has 0 aliphatic heterocycles. The van der Waals surface area contributed by atoms with Gasteiger partial charge in [0.25, 0.3) is 0 Å². The topological polar surface area (TPSA) is 44.4 Å². The molecule has 0 unspecified atom stereocenters. The number of aryl methyl sites for hydroxylation is 1. The van der Waals surface area contributed by atoms with E-state index in [1.165, 1.54) is 11.1 Å². The van der Waals surface area contributed by atoms with Crippen LogP contribution in [-0.4, -0.2) is 33.1 Å². The zero-order valence-electron chi connectivity index (χ0n) is 11.7. The summed E-state index contributed by atoms with van der Waals surface area (Å²) in [5.74, 6) is 0.0544. The quantitative estimate of drug-likeness (QED) is 0.798. The van der Waals surface area contributed by atoms with Crippen molar-refractivity contribution in [3.05, 3.63) is 29.3 Å². The molecular formula is C14H23N3O. The Kier molecular flexibility index (Phi) is 5.65. The van der Waals surface area contributed by atoms with Crippen LogP contribution in [0.15, 0.2) is 18.2 Å². The van der Waals surface area contributed by atoms with Crippen molar-refractivity contribution in [1.29, 1.82) is 0 Å². The lowest BCUT2D eigenvalue weighted by atomic mass is 10.1. The number of hydrogen-bond acceptors (Lipinski definition) is 3. The summed E-state index contributed by atoms with van der Waals surface area (Å²) in [4.78, 5) is 13.5. The van der Waals surface area contributed by atoms with Gasteiger partial charge in [-0.3, -0.25) is 4.79 Å². The van der Waals surface area contributed by atoms with Gasteiger partial charge in [-0.2, -0.15) is 0 Å². The predicted molar refractivity (Wildman–Crippen MR) is 75.9 cm³/mol. The SMILES string of the molecule is CCNC(=O)CN(C)c1ccc(CNC)cc1C. The number of rotatable bonds is 6. The third kappa shape index (κ3) is 4.04. The Morgan fingerprint density at radius 3 is 2.67 bits per heavy atom. The Morgan fingerprint density at radius 2 is 2.11 bits per heavy atom. The number of carbonyl (C=O) groups excluding carboxylic acids is 1. The second kappa shape index (κ2) is 7.01. The Bertz CT molecular complexity index is 404. The highest BCUT2D eigenvalue weighted by molar-refractivity contribution is 5.81. The van der Waals surface area contributed by atoms with Crippen LogP contribution in [0, 0.1) is 6.92 Å². The fourth-order valence-electron chi connectivity index (χ4n) is 2.01. The van der Waals surface area contributed by atoms with Crippen LogP contribution in [0.3, 0.4) is 0 Å². The van der Waals surface area contributed by atoms with Crippen LogP contribution >= 0.6 is 0 Å². The Labute approximate surface area is 109 Å². The van der Waals surface area contributed by atoms with Crippen LogP contribution in [0.25, 0.3) is 0 Å². The highest BCUT2D eigenvalue weighted by atomic mass is 16.1. The van der Waals surface area contributed by atoms with Gasteiger partial charge in [0.2, 0.25) is 5.91 Å². The highest BCUT2D eigenvalue weighted by Gasteiger charge is 2.09. The Hall–Kier alpha value is -1.55. The summed E-state index contributed by atoms with van der Waals surface area (Å²) >= 11 is 0. The van der Waals surface area contributed by atoms with Crippen molar-refractivity contribution in [1.82, 2.24) is 10.6 Å². The van der Waals surface area contributed by atoms with Gasteiger partial charge in [-0.25, -0.2) is 0 Å². The molecule has 4 heteroatoms. The van der Waals surface area contributed by atoms with E-state index in [1.54, 1.807) is 0 Å². The zero-order chi connectivity index (χ0) is 13.5. The van der Waals surface area contributed by atoms with Crippen LogP contribution in [0.1, 0.15) is 18.1 Å². The van der Waals surface area contributed by atoms with E-state index < -0.39 is 0 Å². The molecule has 0 aliphatic carbocycles. The molecule has 4 nitrogen and oxygen atoms in total. The summed E-state index contributed by atoms with van der Waals surface area (Å²) in [5, 5.41) is 5.94. The van der Waals surface area contributed by atoms with Crippen LogP contribution < -0.4 is 15.5 Å². The highest BCUT2D eigenvalue weighted by Crippen LogP contribution is 2.19. The predicted octanol–water partition coefficient (Wildman–Crippen LogP) is 1.29. The molecule has 0 bridgehead atoms. The van der Waals surface area contributed by atoms with Gasteiger partial charge in [0.05, 0.1) is 6.54 Å². The van der Waals surface area contributed by atoms with E-state index in [9.17, 15) is 4.79 Å². The third-order valence-corrected chi connectivity index (χ3v) is 2.81. The van der Waals surface area contributed by atoms with Crippen LogP contribution in [0.2, 0.25) is 0 Å². The first kappa shape index (κ1) is 14.5. The van der Waals surface area contributed by atoms with E-state index in [2.05, 4.69) is 35.8 Å². The number of carbonyl (C=O) groups is 1. The Balaban J connectivity index is 2.73. The van der Waals surface area contributed by atoms with E-state index in [4.69, 9.17) is 0 Å². The van der Waals surface area contributed by atoms with E-state index in [0.29, 0.717) is 13.1 Å². The number of nitrogens with one attached hydrogen (secondary N) is 2. The van der Waals surface area contributed by atoms with Gasteiger partial charge < -0.3 is 15.5 Å².